The van der Waals surface area contributed by atoms with Crippen molar-refractivity contribution in [2.75, 3.05) is 39.4 Å². The van der Waals surface area contributed by atoms with Gasteiger partial charge in [-0.25, -0.2) is 0 Å². The van der Waals surface area contributed by atoms with E-state index in [0.717, 1.165) is 23.5 Å². The number of aliphatic hydroxyl groups is 1. The number of carbonyl (C=O) groups excluding carboxylic acids is 2. The zero-order valence-corrected chi connectivity index (χ0v) is 21.4. The van der Waals surface area contributed by atoms with Gasteiger partial charge in [0.15, 0.2) is 0 Å². The maximum atomic E-state index is 13.3. The van der Waals surface area contributed by atoms with Gasteiger partial charge >= 0.3 is 0 Å². The van der Waals surface area contributed by atoms with Crippen molar-refractivity contribution in [2.24, 2.45) is 0 Å². The standard InChI is InChI=1S/C26H34N2O5S/c1-6-27(7-2)13-14-28-22(25-17(5)12-15-34-25)21(24(30)26(28)31)23(29)19-11-10-18(32-8-3)16-20(19)33-9-4/h10-12,15-16,22,29H,6-9,13-14H2,1-5H3/b23-21+. The Balaban J connectivity index is 2.13. The molecule has 3 rings (SSSR count). The van der Waals surface area contributed by atoms with Crippen molar-refractivity contribution in [2.45, 2.75) is 40.7 Å². The summed E-state index contributed by atoms with van der Waals surface area (Å²) < 4.78 is 11.3. The lowest BCUT2D eigenvalue weighted by Gasteiger charge is -2.28. The molecule has 0 spiro atoms. The van der Waals surface area contributed by atoms with E-state index in [9.17, 15) is 14.7 Å². The Labute approximate surface area is 205 Å². The average Bonchev–Trinajstić information content (AvgIpc) is 3.35. The van der Waals surface area contributed by atoms with Crippen molar-refractivity contribution in [1.29, 1.82) is 0 Å². The summed E-state index contributed by atoms with van der Waals surface area (Å²) in [5.74, 6) is -0.482. The number of hydrogen-bond donors (Lipinski definition) is 1. The maximum Gasteiger partial charge on any atom is 0.295 e. The predicted molar refractivity (Wildman–Crippen MR) is 135 cm³/mol. The van der Waals surface area contributed by atoms with E-state index in [1.54, 1.807) is 23.1 Å². The van der Waals surface area contributed by atoms with Crippen molar-refractivity contribution in [3.63, 3.8) is 0 Å². The Kier molecular flexibility index (Phi) is 8.74. The predicted octanol–water partition coefficient (Wildman–Crippen LogP) is 4.62. The second kappa shape index (κ2) is 11.5. The van der Waals surface area contributed by atoms with Crippen molar-refractivity contribution in [3.8, 4) is 11.5 Å². The number of ketones is 1. The van der Waals surface area contributed by atoms with Crippen LogP contribution in [0.5, 0.6) is 11.5 Å². The molecule has 0 saturated carbocycles. The Morgan fingerprint density at radius 3 is 2.38 bits per heavy atom. The van der Waals surface area contributed by atoms with Gasteiger partial charge in [-0.2, -0.15) is 0 Å². The van der Waals surface area contributed by atoms with E-state index in [1.807, 2.05) is 32.2 Å². The largest absolute Gasteiger partial charge is 0.507 e. The monoisotopic (exact) mass is 486 g/mol. The van der Waals surface area contributed by atoms with E-state index < -0.39 is 17.7 Å². The molecule has 2 heterocycles. The zero-order chi connectivity index (χ0) is 24.8. The summed E-state index contributed by atoms with van der Waals surface area (Å²) in [5, 5.41) is 13.4. The number of likely N-dealkylation sites (N-methyl/N-ethyl adjacent to an activating group) is 1. The summed E-state index contributed by atoms with van der Waals surface area (Å²) in [6.45, 7) is 13.4. The molecule has 7 nitrogen and oxygen atoms in total. The first-order chi connectivity index (χ1) is 16.4. The van der Waals surface area contributed by atoms with Crippen LogP contribution in [0.2, 0.25) is 0 Å². The highest BCUT2D eigenvalue weighted by molar-refractivity contribution is 7.10. The number of thiophene rings is 1. The molecule has 0 aliphatic carbocycles. The molecule has 1 fully saturated rings. The lowest BCUT2D eigenvalue weighted by Crippen LogP contribution is -2.37. The minimum absolute atomic E-state index is 0.0974. The van der Waals surface area contributed by atoms with E-state index in [-0.39, 0.29) is 11.3 Å². The van der Waals surface area contributed by atoms with Crippen molar-refractivity contribution in [3.05, 3.63) is 51.2 Å². The molecule has 1 aliphatic rings. The molecule has 1 aromatic carbocycles. The molecule has 1 atom stereocenters. The van der Waals surface area contributed by atoms with E-state index in [4.69, 9.17) is 9.47 Å². The number of aryl methyl sites for hydroxylation is 1. The summed E-state index contributed by atoms with van der Waals surface area (Å²) in [7, 11) is 0. The van der Waals surface area contributed by atoms with Gasteiger partial charge in [0.05, 0.1) is 30.4 Å². The molecule has 1 unspecified atom stereocenters. The van der Waals surface area contributed by atoms with E-state index >= 15 is 0 Å². The molecular formula is C26H34N2O5S. The Hall–Kier alpha value is -2.84. The van der Waals surface area contributed by atoms with Gasteiger partial charge < -0.3 is 24.4 Å². The summed E-state index contributed by atoms with van der Waals surface area (Å²) in [6, 6.07) is 6.42. The molecule has 1 aliphatic heterocycles. The highest BCUT2D eigenvalue weighted by Crippen LogP contribution is 2.44. The van der Waals surface area contributed by atoms with Crippen LogP contribution in [0.3, 0.4) is 0 Å². The summed E-state index contributed by atoms with van der Waals surface area (Å²) >= 11 is 1.48. The number of likely N-dealkylation sites (tertiary alicyclic amines) is 1. The molecular weight excluding hydrogens is 452 g/mol. The molecule has 1 amide bonds. The lowest BCUT2D eigenvalue weighted by atomic mass is 9.98. The van der Waals surface area contributed by atoms with Gasteiger partial charge in [0.25, 0.3) is 11.7 Å². The van der Waals surface area contributed by atoms with Gasteiger partial charge in [-0.05, 0) is 63.0 Å². The third-order valence-electron chi connectivity index (χ3n) is 6.06. The second-order valence-corrected chi connectivity index (χ2v) is 8.96. The first-order valence-corrected chi connectivity index (χ1v) is 12.7. The number of Topliss-reactive ketones (excluding diaryl/α,β-unsaturated/α-hetero) is 1. The van der Waals surface area contributed by atoms with Crippen LogP contribution in [0.25, 0.3) is 5.76 Å². The van der Waals surface area contributed by atoms with Crippen LogP contribution in [-0.4, -0.2) is 66.0 Å². The van der Waals surface area contributed by atoms with Crippen LogP contribution in [-0.2, 0) is 9.59 Å². The van der Waals surface area contributed by atoms with Crippen LogP contribution in [0, 0.1) is 6.92 Å². The highest BCUT2D eigenvalue weighted by Gasteiger charge is 2.47. The van der Waals surface area contributed by atoms with Gasteiger partial charge in [-0.3, -0.25) is 9.59 Å². The fraction of sp³-hybridized carbons (Fsp3) is 0.462. The summed E-state index contributed by atoms with van der Waals surface area (Å²) in [5.41, 5.74) is 1.44. The summed E-state index contributed by atoms with van der Waals surface area (Å²) in [4.78, 5) is 31.1. The van der Waals surface area contributed by atoms with Crippen molar-refractivity contribution >= 4 is 28.8 Å². The van der Waals surface area contributed by atoms with Gasteiger partial charge in [0.2, 0.25) is 0 Å². The molecule has 1 aromatic heterocycles. The molecule has 1 N–H and O–H groups in total. The second-order valence-electron chi connectivity index (χ2n) is 8.01. The third kappa shape index (κ3) is 5.13. The molecule has 8 heteroatoms. The molecule has 2 aromatic rings. The van der Waals surface area contributed by atoms with Crippen LogP contribution in [0.4, 0.5) is 0 Å². The smallest absolute Gasteiger partial charge is 0.295 e. The lowest BCUT2D eigenvalue weighted by molar-refractivity contribution is -0.140. The Bertz CT molecular complexity index is 1060. The zero-order valence-electron chi connectivity index (χ0n) is 20.6. The van der Waals surface area contributed by atoms with Crippen molar-refractivity contribution < 1.29 is 24.2 Å². The molecule has 0 bridgehead atoms. The Morgan fingerprint density at radius 1 is 1.09 bits per heavy atom. The number of ether oxygens (including phenoxy) is 2. The first-order valence-electron chi connectivity index (χ1n) is 11.8. The van der Waals surface area contributed by atoms with Gasteiger partial charge in [-0.15, -0.1) is 11.3 Å². The fourth-order valence-corrected chi connectivity index (χ4v) is 5.26. The quantitative estimate of drug-likeness (QED) is 0.284. The van der Waals surface area contributed by atoms with Crippen LogP contribution in [0.15, 0.2) is 35.2 Å². The Morgan fingerprint density at radius 2 is 1.79 bits per heavy atom. The fourth-order valence-electron chi connectivity index (χ4n) is 4.21. The van der Waals surface area contributed by atoms with Gasteiger partial charge in [0, 0.05) is 24.0 Å². The number of rotatable bonds is 11. The SMILES string of the molecule is CCOc1ccc(/C(O)=C2\C(=O)C(=O)N(CCN(CC)CC)C2c2sccc2C)c(OCC)c1. The maximum absolute atomic E-state index is 13.3. The first kappa shape index (κ1) is 25.8. The number of nitrogens with zero attached hydrogens (tertiary/aromatic N) is 2. The van der Waals surface area contributed by atoms with E-state index in [2.05, 4.69) is 18.7 Å². The molecule has 1 saturated heterocycles. The van der Waals surface area contributed by atoms with Gasteiger partial charge in [0.1, 0.15) is 17.3 Å². The number of carbonyl (C=O) groups is 2. The van der Waals surface area contributed by atoms with Crippen molar-refractivity contribution in [1.82, 2.24) is 9.80 Å². The minimum Gasteiger partial charge on any atom is -0.507 e. The summed E-state index contributed by atoms with van der Waals surface area (Å²) in [6.07, 6.45) is 0. The number of amides is 1. The number of benzene rings is 1. The minimum atomic E-state index is -0.675. The number of hydrogen-bond acceptors (Lipinski definition) is 7. The molecule has 184 valence electrons. The van der Waals surface area contributed by atoms with Crippen LogP contribution >= 0.6 is 11.3 Å². The highest BCUT2D eigenvalue weighted by atomic mass is 32.1. The third-order valence-corrected chi connectivity index (χ3v) is 7.13. The molecule has 0 radical (unpaired) electrons. The normalized spacial score (nSPS) is 17.6. The van der Waals surface area contributed by atoms with E-state index in [1.165, 1.54) is 11.3 Å². The van der Waals surface area contributed by atoms with Crippen LogP contribution < -0.4 is 9.47 Å². The topological polar surface area (TPSA) is 79.3 Å². The van der Waals surface area contributed by atoms with Gasteiger partial charge in [-0.1, -0.05) is 13.8 Å². The number of aliphatic hydroxyl groups excluding tert-OH is 1. The van der Waals surface area contributed by atoms with E-state index in [0.29, 0.717) is 43.4 Å². The molecule has 34 heavy (non-hydrogen) atoms. The van der Waals surface area contributed by atoms with Crippen LogP contribution in [0.1, 0.15) is 49.7 Å². The average molecular weight is 487 g/mol.